The van der Waals surface area contributed by atoms with Crippen molar-refractivity contribution >= 4 is 33.8 Å². The molecule has 1 aliphatic heterocycles. The van der Waals surface area contributed by atoms with E-state index in [1.165, 1.54) is 0 Å². The molecule has 1 amide bonds. The van der Waals surface area contributed by atoms with Crippen molar-refractivity contribution in [1.29, 1.82) is 0 Å². The molecule has 3 N–H and O–H groups in total. The van der Waals surface area contributed by atoms with Crippen molar-refractivity contribution in [1.82, 2.24) is 0 Å². The zero-order chi connectivity index (χ0) is 15.3. The molecule has 0 fully saturated rings. The van der Waals surface area contributed by atoms with Gasteiger partial charge in [-0.2, -0.15) is 0 Å². The summed E-state index contributed by atoms with van der Waals surface area (Å²) in [5, 5.41) is 2.77. The van der Waals surface area contributed by atoms with Crippen molar-refractivity contribution < 1.29 is 13.2 Å². The topological polar surface area (TPSA) is 89.3 Å². The Morgan fingerprint density at radius 2 is 1.91 bits per heavy atom. The molecule has 0 aromatic heterocycles. The maximum Gasteiger partial charge on any atom is 0.224 e. The number of nitrogens with one attached hydrogen (secondary N) is 1. The third kappa shape index (κ3) is 4.97. The Balaban J connectivity index is 0.00000242. The summed E-state index contributed by atoms with van der Waals surface area (Å²) in [6.45, 7) is 0.690. The van der Waals surface area contributed by atoms with E-state index in [-0.39, 0.29) is 24.1 Å². The fourth-order valence-electron chi connectivity index (χ4n) is 2.49. The SMILES string of the molecule is Cl.NCCCCCCC(=O)Nc1ccc2c(c1)S(=O)(=O)CC2. The number of carbonyl (C=O) groups excluding carboxylic acids is 1. The molecule has 1 aromatic rings. The van der Waals surface area contributed by atoms with Crippen molar-refractivity contribution in [2.45, 2.75) is 43.4 Å². The van der Waals surface area contributed by atoms with E-state index >= 15 is 0 Å². The summed E-state index contributed by atoms with van der Waals surface area (Å²) in [5.74, 6) is 0.0963. The van der Waals surface area contributed by atoms with E-state index in [0.717, 1.165) is 31.2 Å². The molecule has 0 radical (unpaired) electrons. The molecule has 1 heterocycles. The molecule has 2 rings (SSSR count). The number of unbranched alkanes of at least 4 members (excludes halogenated alkanes) is 3. The Hall–Kier alpha value is -1.11. The van der Waals surface area contributed by atoms with Gasteiger partial charge in [0.2, 0.25) is 5.91 Å². The number of aryl methyl sites for hydroxylation is 1. The van der Waals surface area contributed by atoms with Gasteiger partial charge in [0.25, 0.3) is 0 Å². The van der Waals surface area contributed by atoms with Crippen molar-refractivity contribution in [3.8, 4) is 0 Å². The number of hydrogen-bond acceptors (Lipinski definition) is 4. The molecule has 0 aliphatic carbocycles. The third-order valence-corrected chi connectivity index (χ3v) is 5.48. The molecule has 0 unspecified atom stereocenters. The Labute approximate surface area is 138 Å². The Bertz CT molecular complexity index is 617. The monoisotopic (exact) mass is 346 g/mol. The first-order valence-corrected chi connectivity index (χ1v) is 9.04. The second kappa shape index (κ2) is 8.50. The van der Waals surface area contributed by atoms with Crippen LogP contribution in [0.4, 0.5) is 5.69 Å². The molecule has 0 bridgehead atoms. The van der Waals surface area contributed by atoms with Gasteiger partial charge in [0.15, 0.2) is 9.84 Å². The summed E-state index contributed by atoms with van der Waals surface area (Å²) >= 11 is 0. The second-order valence-corrected chi connectivity index (χ2v) is 7.47. The molecule has 7 heteroatoms. The predicted molar refractivity (Wildman–Crippen MR) is 90.2 cm³/mol. The normalized spacial score (nSPS) is 15.0. The summed E-state index contributed by atoms with van der Waals surface area (Å²) in [4.78, 5) is 12.2. The van der Waals surface area contributed by atoms with Crippen molar-refractivity contribution in [3.05, 3.63) is 23.8 Å². The van der Waals surface area contributed by atoms with Gasteiger partial charge in [-0.15, -0.1) is 12.4 Å². The molecule has 124 valence electrons. The Kier molecular flexibility index (Phi) is 7.32. The van der Waals surface area contributed by atoms with Crippen LogP contribution >= 0.6 is 12.4 Å². The number of halogens is 1. The van der Waals surface area contributed by atoms with Crippen molar-refractivity contribution in [2.75, 3.05) is 17.6 Å². The lowest BCUT2D eigenvalue weighted by molar-refractivity contribution is -0.116. The van der Waals surface area contributed by atoms with Crippen LogP contribution in [0.15, 0.2) is 23.1 Å². The van der Waals surface area contributed by atoms with Gasteiger partial charge in [-0.25, -0.2) is 8.42 Å². The Morgan fingerprint density at radius 3 is 2.64 bits per heavy atom. The lowest BCUT2D eigenvalue weighted by atomic mass is 10.1. The number of benzene rings is 1. The minimum Gasteiger partial charge on any atom is -0.330 e. The minimum absolute atomic E-state index is 0. The van der Waals surface area contributed by atoms with Crippen LogP contribution in [-0.4, -0.2) is 26.6 Å². The fraction of sp³-hybridized carbons (Fsp3) is 0.533. The van der Waals surface area contributed by atoms with E-state index in [9.17, 15) is 13.2 Å². The van der Waals surface area contributed by atoms with Crippen LogP contribution in [-0.2, 0) is 21.1 Å². The van der Waals surface area contributed by atoms with Crippen LogP contribution in [0.25, 0.3) is 0 Å². The van der Waals surface area contributed by atoms with Crippen LogP contribution in [0.2, 0.25) is 0 Å². The van der Waals surface area contributed by atoms with Crippen LogP contribution in [0.5, 0.6) is 0 Å². The van der Waals surface area contributed by atoms with Gasteiger partial charge in [-0.05, 0) is 43.5 Å². The quantitative estimate of drug-likeness (QED) is 0.741. The molecule has 22 heavy (non-hydrogen) atoms. The van der Waals surface area contributed by atoms with Gasteiger partial charge in [0.1, 0.15) is 0 Å². The van der Waals surface area contributed by atoms with Crippen LogP contribution < -0.4 is 11.1 Å². The van der Waals surface area contributed by atoms with E-state index in [0.29, 0.717) is 30.0 Å². The first-order valence-electron chi connectivity index (χ1n) is 7.38. The summed E-state index contributed by atoms with van der Waals surface area (Å²) in [6, 6.07) is 5.13. The number of rotatable bonds is 7. The standard InChI is InChI=1S/C15H22N2O3S.ClH/c16-9-4-2-1-3-5-15(18)17-13-7-6-12-8-10-21(19,20)14(12)11-13;/h6-7,11H,1-5,8-10,16H2,(H,17,18);1H. The fourth-order valence-corrected chi connectivity index (χ4v) is 4.07. The van der Waals surface area contributed by atoms with Gasteiger partial charge in [0, 0.05) is 12.1 Å². The van der Waals surface area contributed by atoms with Crippen LogP contribution in [0.1, 0.15) is 37.7 Å². The van der Waals surface area contributed by atoms with Gasteiger partial charge in [-0.3, -0.25) is 4.79 Å². The maximum absolute atomic E-state index is 11.8. The number of nitrogens with two attached hydrogens (primary N) is 1. The predicted octanol–water partition coefficient (Wildman–Crippen LogP) is 2.29. The highest BCUT2D eigenvalue weighted by molar-refractivity contribution is 7.91. The molecule has 1 aromatic carbocycles. The third-order valence-electron chi connectivity index (χ3n) is 3.68. The first-order chi connectivity index (χ1) is 10.0. The summed E-state index contributed by atoms with van der Waals surface area (Å²) in [7, 11) is -3.15. The van der Waals surface area contributed by atoms with E-state index in [1.807, 2.05) is 0 Å². The lowest BCUT2D eigenvalue weighted by Gasteiger charge is -2.07. The molecule has 0 saturated carbocycles. The molecule has 0 saturated heterocycles. The largest absolute Gasteiger partial charge is 0.330 e. The van der Waals surface area contributed by atoms with E-state index < -0.39 is 9.84 Å². The van der Waals surface area contributed by atoms with E-state index in [1.54, 1.807) is 18.2 Å². The number of carbonyl (C=O) groups is 1. The summed E-state index contributed by atoms with van der Waals surface area (Å²) in [6.07, 6.45) is 4.87. The lowest BCUT2D eigenvalue weighted by Crippen LogP contribution is -2.11. The van der Waals surface area contributed by atoms with Gasteiger partial charge < -0.3 is 11.1 Å². The summed E-state index contributed by atoms with van der Waals surface area (Å²) in [5.41, 5.74) is 6.81. The number of anilines is 1. The molecule has 0 spiro atoms. The van der Waals surface area contributed by atoms with E-state index in [2.05, 4.69) is 5.32 Å². The highest BCUT2D eigenvalue weighted by Crippen LogP contribution is 2.28. The van der Waals surface area contributed by atoms with Gasteiger partial charge in [-0.1, -0.05) is 18.9 Å². The highest BCUT2D eigenvalue weighted by atomic mass is 35.5. The molecule has 1 aliphatic rings. The van der Waals surface area contributed by atoms with Crippen LogP contribution in [0.3, 0.4) is 0 Å². The maximum atomic E-state index is 11.8. The average molecular weight is 347 g/mol. The van der Waals surface area contributed by atoms with Gasteiger partial charge >= 0.3 is 0 Å². The van der Waals surface area contributed by atoms with Crippen LogP contribution in [0, 0.1) is 0 Å². The number of hydrogen-bond donors (Lipinski definition) is 2. The second-order valence-electron chi connectivity index (χ2n) is 5.39. The number of amides is 1. The zero-order valence-electron chi connectivity index (χ0n) is 12.5. The average Bonchev–Trinajstić information content (AvgIpc) is 2.74. The Morgan fingerprint density at radius 1 is 1.18 bits per heavy atom. The number of fused-ring (bicyclic) bond motifs is 1. The molecular weight excluding hydrogens is 324 g/mol. The first kappa shape index (κ1) is 18.9. The number of sulfone groups is 1. The smallest absolute Gasteiger partial charge is 0.224 e. The summed E-state index contributed by atoms with van der Waals surface area (Å²) < 4.78 is 23.7. The molecule has 0 atom stereocenters. The molecule has 5 nitrogen and oxygen atoms in total. The van der Waals surface area contributed by atoms with Crippen molar-refractivity contribution in [3.63, 3.8) is 0 Å². The zero-order valence-corrected chi connectivity index (χ0v) is 14.1. The minimum atomic E-state index is -3.15. The molecular formula is C15H23ClN2O3S. The van der Waals surface area contributed by atoms with Crippen molar-refractivity contribution in [2.24, 2.45) is 5.73 Å². The van der Waals surface area contributed by atoms with E-state index in [4.69, 9.17) is 5.73 Å². The highest BCUT2D eigenvalue weighted by Gasteiger charge is 2.26. The van der Waals surface area contributed by atoms with Gasteiger partial charge in [0.05, 0.1) is 10.6 Å².